The number of aromatic nitrogens is 2. The number of hydrogen-bond donors (Lipinski definition) is 2. The molecule has 0 aliphatic heterocycles. The molecule has 1 heterocycles. The van der Waals surface area contributed by atoms with Crippen LogP contribution in [0.3, 0.4) is 0 Å². The van der Waals surface area contributed by atoms with E-state index < -0.39 is 0 Å². The summed E-state index contributed by atoms with van der Waals surface area (Å²) < 4.78 is 0. The Bertz CT molecular complexity index is 338. The van der Waals surface area contributed by atoms with Crippen molar-refractivity contribution < 1.29 is 0 Å². The van der Waals surface area contributed by atoms with Gasteiger partial charge in [0.15, 0.2) is 0 Å². The lowest BCUT2D eigenvalue weighted by molar-refractivity contribution is 0.944. The van der Waals surface area contributed by atoms with Gasteiger partial charge in [0.1, 0.15) is 10.7 Å². The molecule has 0 unspecified atom stereocenters. The summed E-state index contributed by atoms with van der Waals surface area (Å²) in [6.07, 6.45) is 1.03. The molecule has 0 spiro atoms. The van der Waals surface area contributed by atoms with Gasteiger partial charge in [0, 0.05) is 12.2 Å². The highest BCUT2D eigenvalue weighted by atomic mass is 32.1. The molecule has 0 radical (unpaired) electrons. The Morgan fingerprint density at radius 3 is 2.86 bits per heavy atom. The highest BCUT2D eigenvalue weighted by molar-refractivity contribution is 7.80. The molecule has 0 atom stereocenters. The van der Waals surface area contributed by atoms with E-state index in [1.165, 1.54) is 0 Å². The van der Waals surface area contributed by atoms with Crippen molar-refractivity contribution in [1.82, 2.24) is 9.97 Å². The van der Waals surface area contributed by atoms with Gasteiger partial charge < -0.3 is 11.1 Å². The Morgan fingerprint density at radius 1 is 1.57 bits per heavy atom. The Morgan fingerprint density at radius 2 is 2.29 bits per heavy atom. The van der Waals surface area contributed by atoms with Gasteiger partial charge in [-0.05, 0) is 19.4 Å². The summed E-state index contributed by atoms with van der Waals surface area (Å²) in [5.74, 6) is 0.592. The molecule has 0 aliphatic carbocycles. The SMILES string of the molecule is CCCNc1nc(C)cc(C(N)=S)n1. The first kappa shape index (κ1) is 10.8. The smallest absolute Gasteiger partial charge is 0.223 e. The van der Waals surface area contributed by atoms with Crippen LogP contribution < -0.4 is 11.1 Å². The van der Waals surface area contributed by atoms with E-state index in [9.17, 15) is 0 Å². The lowest BCUT2D eigenvalue weighted by Crippen LogP contribution is -2.15. The van der Waals surface area contributed by atoms with Crippen LogP contribution in [0.1, 0.15) is 24.7 Å². The van der Waals surface area contributed by atoms with Crippen LogP contribution >= 0.6 is 12.2 Å². The largest absolute Gasteiger partial charge is 0.388 e. The predicted molar refractivity (Wildman–Crippen MR) is 61.4 cm³/mol. The van der Waals surface area contributed by atoms with Crippen LogP contribution in [0.2, 0.25) is 0 Å². The van der Waals surface area contributed by atoms with Gasteiger partial charge in [0.2, 0.25) is 5.95 Å². The van der Waals surface area contributed by atoms with E-state index in [1.807, 2.05) is 6.92 Å². The minimum atomic E-state index is 0.301. The lowest BCUT2D eigenvalue weighted by Gasteiger charge is -2.05. The molecule has 1 rings (SSSR count). The van der Waals surface area contributed by atoms with E-state index in [0.29, 0.717) is 16.6 Å². The summed E-state index contributed by atoms with van der Waals surface area (Å²) in [5, 5.41) is 3.09. The average Bonchev–Trinajstić information content (AvgIpc) is 2.14. The highest BCUT2D eigenvalue weighted by Gasteiger charge is 2.03. The molecular formula is C9H14N4S. The summed E-state index contributed by atoms with van der Waals surface area (Å²) in [7, 11) is 0. The average molecular weight is 210 g/mol. The fourth-order valence-electron chi connectivity index (χ4n) is 1.01. The number of nitrogens with one attached hydrogen (secondary N) is 1. The molecule has 0 aromatic carbocycles. The minimum Gasteiger partial charge on any atom is -0.388 e. The van der Waals surface area contributed by atoms with E-state index in [4.69, 9.17) is 18.0 Å². The first-order chi connectivity index (χ1) is 6.63. The van der Waals surface area contributed by atoms with E-state index in [2.05, 4.69) is 22.2 Å². The van der Waals surface area contributed by atoms with Crippen molar-refractivity contribution in [2.24, 2.45) is 5.73 Å². The van der Waals surface area contributed by atoms with Gasteiger partial charge in [0.05, 0.1) is 0 Å². The maximum absolute atomic E-state index is 5.49. The van der Waals surface area contributed by atoms with Crippen LogP contribution in [0.25, 0.3) is 0 Å². The maximum Gasteiger partial charge on any atom is 0.223 e. The van der Waals surface area contributed by atoms with E-state index in [-0.39, 0.29) is 0 Å². The Kier molecular flexibility index (Phi) is 3.76. The second kappa shape index (κ2) is 4.85. The third kappa shape index (κ3) is 2.92. The van der Waals surface area contributed by atoms with Crippen molar-refractivity contribution in [2.75, 3.05) is 11.9 Å². The molecule has 1 aromatic heterocycles. The van der Waals surface area contributed by atoms with Gasteiger partial charge in [-0.2, -0.15) is 0 Å². The van der Waals surface area contributed by atoms with Gasteiger partial charge >= 0.3 is 0 Å². The molecule has 76 valence electrons. The Balaban J connectivity index is 2.89. The number of thiocarbonyl (C=S) groups is 1. The van der Waals surface area contributed by atoms with Crippen LogP contribution in [0.5, 0.6) is 0 Å². The van der Waals surface area contributed by atoms with Gasteiger partial charge in [-0.1, -0.05) is 19.1 Å². The van der Waals surface area contributed by atoms with Crippen LogP contribution in [-0.4, -0.2) is 21.5 Å². The van der Waals surface area contributed by atoms with Crippen molar-refractivity contribution in [1.29, 1.82) is 0 Å². The van der Waals surface area contributed by atoms with Crippen molar-refractivity contribution in [3.05, 3.63) is 17.5 Å². The van der Waals surface area contributed by atoms with Gasteiger partial charge in [-0.15, -0.1) is 0 Å². The zero-order chi connectivity index (χ0) is 10.6. The Hall–Kier alpha value is -1.23. The fourth-order valence-corrected chi connectivity index (χ4v) is 1.12. The first-order valence-electron chi connectivity index (χ1n) is 4.53. The molecule has 3 N–H and O–H groups in total. The number of hydrogen-bond acceptors (Lipinski definition) is 4. The molecule has 0 saturated carbocycles. The molecule has 0 amide bonds. The summed E-state index contributed by atoms with van der Waals surface area (Å²) >= 11 is 4.85. The first-order valence-corrected chi connectivity index (χ1v) is 4.93. The normalized spacial score (nSPS) is 9.86. The zero-order valence-corrected chi connectivity index (χ0v) is 9.19. The minimum absolute atomic E-state index is 0.301. The van der Waals surface area contributed by atoms with Gasteiger partial charge in [-0.25, -0.2) is 9.97 Å². The number of nitrogens with two attached hydrogens (primary N) is 1. The predicted octanol–water partition coefficient (Wildman–Crippen LogP) is 1.24. The van der Waals surface area contributed by atoms with E-state index in [0.717, 1.165) is 18.7 Å². The third-order valence-corrected chi connectivity index (χ3v) is 1.85. The summed E-state index contributed by atoms with van der Waals surface area (Å²) in [4.78, 5) is 8.70. The maximum atomic E-state index is 5.49. The Labute approximate surface area is 88.9 Å². The van der Waals surface area contributed by atoms with Crippen LogP contribution in [0, 0.1) is 6.92 Å². The van der Waals surface area contributed by atoms with Gasteiger partial charge in [-0.3, -0.25) is 0 Å². The number of rotatable bonds is 4. The van der Waals surface area contributed by atoms with Crippen molar-refractivity contribution in [3.63, 3.8) is 0 Å². The standard InChI is InChI=1S/C9H14N4S/c1-3-4-11-9-12-6(2)5-7(13-9)8(10)14/h5H,3-4H2,1-2H3,(H2,10,14)(H,11,12,13). The quantitative estimate of drug-likeness (QED) is 0.732. The summed E-state index contributed by atoms with van der Waals surface area (Å²) in [5.41, 5.74) is 6.97. The number of aryl methyl sites for hydroxylation is 1. The zero-order valence-electron chi connectivity index (χ0n) is 8.37. The van der Waals surface area contributed by atoms with E-state index >= 15 is 0 Å². The van der Waals surface area contributed by atoms with Crippen molar-refractivity contribution >= 4 is 23.2 Å². The topological polar surface area (TPSA) is 63.8 Å². The molecule has 1 aromatic rings. The molecule has 0 aliphatic rings. The van der Waals surface area contributed by atoms with Crippen molar-refractivity contribution in [3.8, 4) is 0 Å². The molecule has 14 heavy (non-hydrogen) atoms. The molecular weight excluding hydrogens is 196 g/mol. The molecule has 0 bridgehead atoms. The fraction of sp³-hybridized carbons (Fsp3) is 0.444. The monoisotopic (exact) mass is 210 g/mol. The highest BCUT2D eigenvalue weighted by Crippen LogP contribution is 2.04. The summed E-state index contributed by atoms with van der Waals surface area (Å²) in [6, 6.07) is 1.78. The molecule has 5 heteroatoms. The van der Waals surface area contributed by atoms with E-state index in [1.54, 1.807) is 6.07 Å². The second-order valence-corrected chi connectivity index (χ2v) is 3.45. The molecule has 0 saturated heterocycles. The second-order valence-electron chi connectivity index (χ2n) is 3.01. The summed E-state index contributed by atoms with van der Waals surface area (Å²) in [6.45, 7) is 4.82. The number of nitrogens with zero attached hydrogens (tertiary/aromatic N) is 2. The van der Waals surface area contributed by atoms with Gasteiger partial charge in [0.25, 0.3) is 0 Å². The van der Waals surface area contributed by atoms with Crippen LogP contribution in [0.15, 0.2) is 6.07 Å². The third-order valence-electron chi connectivity index (χ3n) is 1.64. The molecule has 0 fully saturated rings. The number of anilines is 1. The molecule has 4 nitrogen and oxygen atoms in total. The lowest BCUT2D eigenvalue weighted by atomic mass is 10.3. The van der Waals surface area contributed by atoms with Crippen LogP contribution in [0.4, 0.5) is 5.95 Å². The van der Waals surface area contributed by atoms with Crippen molar-refractivity contribution in [2.45, 2.75) is 20.3 Å². The van der Waals surface area contributed by atoms with Crippen LogP contribution in [-0.2, 0) is 0 Å².